The zero-order valence-corrected chi connectivity index (χ0v) is 16.2. The summed E-state index contributed by atoms with van der Waals surface area (Å²) in [7, 11) is 0. The van der Waals surface area contributed by atoms with Crippen molar-refractivity contribution in [2.45, 2.75) is 62.1 Å². The van der Waals surface area contributed by atoms with Crippen LogP contribution >= 0.6 is 23.1 Å². The fraction of sp³-hybridized carbons (Fsp3) is 0.706. The predicted molar refractivity (Wildman–Crippen MR) is 100 cm³/mol. The van der Waals surface area contributed by atoms with Gasteiger partial charge in [-0.05, 0) is 45.7 Å². The van der Waals surface area contributed by atoms with E-state index in [1.54, 1.807) is 23.1 Å². The summed E-state index contributed by atoms with van der Waals surface area (Å²) in [5.41, 5.74) is 1.13. The van der Waals surface area contributed by atoms with Gasteiger partial charge in [-0.1, -0.05) is 11.8 Å². The topological polar surface area (TPSA) is 64.9 Å². The van der Waals surface area contributed by atoms with Crippen LogP contribution in [0, 0.1) is 6.92 Å². The second kappa shape index (κ2) is 8.16. The molecule has 25 heavy (non-hydrogen) atoms. The molecule has 2 aliphatic rings. The predicted octanol–water partition coefficient (Wildman–Crippen LogP) is 2.98. The molecule has 2 aromatic heterocycles. The minimum atomic E-state index is 0.303. The SMILES string of the molecule is Cc1nc(CSc2nnc(C3CCNCC3)n2CC2CCCO2)cs1. The van der Waals surface area contributed by atoms with Gasteiger partial charge in [0.05, 0.1) is 23.4 Å². The molecule has 0 aliphatic carbocycles. The highest BCUT2D eigenvalue weighted by Crippen LogP contribution is 2.30. The molecule has 2 aromatic rings. The monoisotopic (exact) mass is 379 g/mol. The second-order valence-corrected chi connectivity index (χ2v) is 8.76. The van der Waals surface area contributed by atoms with Crippen LogP contribution in [0.15, 0.2) is 10.5 Å². The minimum Gasteiger partial charge on any atom is -0.376 e. The van der Waals surface area contributed by atoms with Crippen molar-refractivity contribution >= 4 is 23.1 Å². The molecular weight excluding hydrogens is 354 g/mol. The molecule has 4 heterocycles. The van der Waals surface area contributed by atoms with Crippen molar-refractivity contribution in [3.05, 3.63) is 21.9 Å². The van der Waals surface area contributed by atoms with E-state index in [2.05, 4.69) is 30.4 Å². The van der Waals surface area contributed by atoms with E-state index in [4.69, 9.17) is 4.74 Å². The first kappa shape index (κ1) is 17.5. The quantitative estimate of drug-likeness (QED) is 0.779. The summed E-state index contributed by atoms with van der Waals surface area (Å²) in [6, 6.07) is 0. The smallest absolute Gasteiger partial charge is 0.191 e. The molecule has 0 aromatic carbocycles. The van der Waals surface area contributed by atoms with E-state index in [0.29, 0.717) is 12.0 Å². The van der Waals surface area contributed by atoms with Crippen LogP contribution in [-0.4, -0.2) is 45.5 Å². The van der Waals surface area contributed by atoms with Gasteiger partial charge in [0, 0.05) is 23.7 Å². The number of aromatic nitrogens is 4. The first-order chi connectivity index (χ1) is 12.3. The maximum atomic E-state index is 5.88. The first-order valence-corrected chi connectivity index (χ1v) is 11.0. The molecule has 0 saturated carbocycles. The van der Waals surface area contributed by atoms with Gasteiger partial charge in [-0.2, -0.15) is 0 Å². The third kappa shape index (κ3) is 4.24. The van der Waals surface area contributed by atoms with E-state index in [9.17, 15) is 0 Å². The summed E-state index contributed by atoms with van der Waals surface area (Å²) in [4.78, 5) is 4.56. The van der Waals surface area contributed by atoms with Gasteiger partial charge < -0.3 is 14.6 Å². The van der Waals surface area contributed by atoms with Crippen LogP contribution in [0.3, 0.4) is 0 Å². The van der Waals surface area contributed by atoms with Crippen molar-refractivity contribution in [3.63, 3.8) is 0 Å². The zero-order valence-electron chi connectivity index (χ0n) is 14.6. The lowest BCUT2D eigenvalue weighted by molar-refractivity contribution is 0.0936. The lowest BCUT2D eigenvalue weighted by Crippen LogP contribution is -2.29. The third-order valence-corrected chi connectivity index (χ3v) is 6.70. The fourth-order valence-electron chi connectivity index (χ4n) is 3.57. The Labute approximate surface area is 156 Å². The van der Waals surface area contributed by atoms with Crippen LogP contribution < -0.4 is 5.32 Å². The van der Waals surface area contributed by atoms with Crippen LogP contribution in [0.2, 0.25) is 0 Å². The lowest BCUT2D eigenvalue weighted by Gasteiger charge is -2.23. The number of rotatable bonds is 6. The average Bonchev–Trinajstić information content (AvgIpc) is 3.36. The lowest BCUT2D eigenvalue weighted by atomic mass is 9.97. The molecule has 2 aliphatic heterocycles. The van der Waals surface area contributed by atoms with Crippen LogP contribution in [0.25, 0.3) is 0 Å². The van der Waals surface area contributed by atoms with E-state index in [-0.39, 0.29) is 0 Å². The summed E-state index contributed by atoms with van der Waals surface area (Å²) in [5.74, 6) is 2.50. The van der Waals surface area contributed by atoms with Gasteiger partial charge in [0.25, 0.3) is 0 Å². The summed E-state index contributed by atoms with van der Waals surface area (Å²) in [5, 5.41) is 16.8. The number of hydrogen-bond acceptors (Lipinski definition) is 7. The summed E-state index contributed by atoms with van der Waals surface area (Å²) in [6.45, 7) is 5.95. The molecule has 136 valence electrons. The molecule has 6 nitrogen and oxygen atoms in total. The van der Waals surface area contributed by atoms with Crippen LogP contribution in [-0.2, 0) is 17.0 Å². The summed E-state index contributed by atoms with van der Waals surface area (Å²) < 4.78 is 8.21. The molecule has 0 spiro atoms. The zero-order chi connectivity index (χ0) is 17.1. The molecule has 8 heteroatoms. The molecule has 0 amide bonds. The molecule has 2 fully saturated rings. The Morgan fingerprint density at radius 2 is 2.20 bits per heavy atom. The average molecular weight is 380 g/mol. The highest BCUT2D eigenvalue weighted by Gasteiger charge is 2.26. The first-order valence-electron chi connectivity index (χ1n) is 9.09. The number of nitrogens with zero attached hydrogens (tertiary/aromatic N) is 4. The Balaban J connectivity index is 1.52. The standard InChI is InChI=1S/C17H25N5OS2/c1-12-19-14(10-24-12)11-25-17-21-20-16(13-4-6-18-7-5-13)22(17)9-15-3-2-8-23-15/h10,13,15,18H,2-9,11H2,1H3. The van der Waals surface area contributed by atoms with Crippen LogP contribution in [0.5, 0.6) is 0 Å². The number of hydrogen-bond donors (Lipinski definition) is 1. The van der Waals surface area contributed by atoms with E-state index in [1.807, 2.05) is 6.92 Å². The van der Waals surface area contributed by atoms with Crippen molar-refractivity contribution in [2.75, 3.05) is 19.7 Å². The number of thioether (sulfide) groups is 1. The number of nitrogens with one attached hydrogen (secondary N) is 1. The van der Waals surface area contributed by atoms with E-state index >= 15 is 0 Å². The van der Waals surface area contributed by atoms with Gasteiger partial charge in [-0.25, -0.2) is 4.98 Å². The maximum Gasteiger partial charge on any atom is 0.191 e. The molecule has 1 N–H and O–H groups in total. The van der Waals surface area contributed by atoms with Crippen molar-refractivity contribution in [3.8, 4) is 0 Å². The van der Waals surface area contributed by atoms with Crippen molar-refractivity contribution < 1.29 is 4.74 Å². The second-order valence-electron chi connectivity index (χ2n) is 6.76. The largest absolute Gasteiger partial charge is 0.376 e. The molecule has 1 atom stereocenters. The Hall–Kier alpha value is -0.960. The number of ether oxygens (including phenoxy) is 1. The highest BCUT2D eigenvalue weighted by molar-refractivity contribution is 7.98. The Kier molecular flexibility index (Phi) is 5.70. The number of aryl methyl sites for hydroxylation is 1. The Morgan fingerprint density at radius 3 is 2.92 bits per heavy atom. The Morgan fingerprint density at radius 1 is 1.32 bits per heavy atom. The normalized spacial score (nSPS) is 21.9. The molecule has 2 saturated heterocycles. The van der Waals surface area contributed by atoms with E-state index < -0.39 is 0 Å². The maximum absolute atomic E-state index is 5.88. The summed E-state index contributed by atoms with van der Waals surface area (Å²) in [6.07, 6.45) is 4.88. The van der Waals surface area contributed by atoms with Gasteiger partial charge in [0.2, 0.25) is 0 Å². The van der Waals surface area contributed by atoms with Crippen molar-refractivity contribution in [1.29, 1.82) is 0 Å². The van der Waals surface area contributed by atoms with Crippen molar-refractivity contribution in [1.82, 2.24) is 25.1 Å². The van der Waals surface area contributed by atoms with Gasteiger partial charge in [-0.3, -0.25) is 0 Å². The van der Waals surface area contributed by atoms with Crippen molar-refractivity contribution in [2.24, 2.45) is 0 Å². The van der Waals surface area contributed by atoms with Gasteiger partial charge >= 0.3 is 0 Å². The molecular formula is C17H25N5OS2. The number of piperidine rings is 1. The fourth-order valence-corrected chi connectivity index (χ4v) is 5.13. The van der Waals surface area contributed by atoms with Gasteiger partial charge in [-0.15, -0.1) is 21.5 Å². The van der Waals surface area contributed by atoms with Gasteiger partial charge in [0.1, 0.15) is 5.82 Å². The highest BCUT2D eigenvalue weighted by atomic mass is 32.2. The van der Waals surface area contributed by atoms with Gasteiger partial charge in [0.15, 0.2) is 5.16 Å². The van der Waals surface area contributed by atoms with E-state index in [1.165, 1.54) is 0 Å². The molecule has 4 rings (SSSR count). The third-order valence-electron chi connectivity index (χ3n) is 4.88. The molecule has 0 radical (unpaired) electrons. The van der Waals surface area contributed by atoms with E-state index in [0.717, 1.165) is 79.4 Å². The van der Waals surface area contributed by atoms with Crippen LogP contribution in [0.1, 0.15) is 48.1 Å². The molecule has 1 unspecified atom stereocenters. The minimum absolute atomic E-state index is 0.303. The summed E-state index contributed by atoms with van der Waals surface area (Å²) >= 11 is 3.45. The Bertz CT molecular complexity index is 689. The van der Waals surface area contributed by atoms with Crippen LogP contribution in [0.4, 0.5) is 0 Å². The molecule has 0 bridgehead atoms. The number of thiazole rings is 1.